The lowest BCUT2D eigenvalue weighted by atomic mass is 9.50. The van der Waals surface area contributed by atoms with Crippen molar-refractivity contribution in [3.63, 3.8) is 0 Å². The Labute approximate surface area is 232 Å². The Hall–Kier alpha value is -4.89. The first-order valence-electron chi connectivity index (χ1n) is 13.8. The van der Waals surface area contributed by atoms with Gasteiger partial charge in [0.2, 0.25) is 0 Å². The number of phenolic OH excluding ortho intramolecular Hbond substituents is 1. The summed E-state index contributed by atoms with van der Waals surface area (Å²) in [5.74, 6) is 0.0393. The van der Waals surface area contributed by atoms with Crippen LogP contribution in [0.3, 0.4) is 0 Å². The van der Waals surface area contributed by atoms with Gasteiger partial charge in [0.25, 0.3) is 0 Å². The third kappa shape index (κ3) is 3.09. The van der Waals surface area contributed by atoms with Crippen LogP contribution in [-0.4, -0.2) is 11.1 Å². The van der Waals surface area contributed by atoms with Crippen molar-refractivity contribution in [1.29, 1.82) is 0 Å². The molecule has 3 aliphatic carbocycles. The van der Waals surface area contributed by atoms with Crippen LogP contribution in [0.1, 0.15) is 46.1 Å². The van der Waals surface area contributed by atoms with Crippen LogP contribution in [0.4, 0.5) is 0 Å². The highest BCUT2D eigenvalue weighted by Gasteiger charge is 2.59. The van der Waals surface area contributed by atoms with E-state index in [9.17, 15) is 9.90 Å². The van der Waals surface area contributed by atoms with Gasteiger partial charge < -0.3 is 9.84 Å². The third-order valence-electron chi connectivity index (χ3n) is 9.08. The van der Waals surface area contributed by atoms with Gasteiger partial charge in [-0.15, -0.1) is 0 Å². The average molecular weight is 519 g/mol. The van der Waals surface area contributed by atoms with Gasteiger partial charge in [-0.3, -0.25) is 4.79 Å². The van der Waals surface area contributed by atoms with E-state index in [1.54, 1.807) is 0 Å². The van der Waals surface area contributed by atoms with E-state index in [1.807, 2.05) is 91.0 Å². The van der Waals surface area contributed by atoms with E-state index in [-0.39, 0.29) is 23.6 Å². The molecular formula is C37H26O3. The first-order valence-corrected chi connectivity index (χ1v) is 13.8. The van der Waals surface area contributed by atoms with E-state index in [4.69, 9.17) is 4.74 Å². The van der Waals surface area contributed by atoms with Crippen molar-refractivity contribution in [2.75, 3.05) is 0 Å². The fourth-order valence-corrected chi connectivity index (χ4v) is 7.38. The quantitative estimate of drug-likeness (QED) is 0.190. The summed E-state index contributed by atoms with van der Waals surface area (Å²) in [6.45, 7) is 0. The normalized spacial score (nSPS) is 20.7. The van der Waals surface area contributed by atoms with Crippen LogP contribution >= 0.6 is 0 Å². The molecular weight excluding hydrogens is 492 g/mol. The van der Waals surface area contributed by atoms with E-state index in [0.29, 0.717) is 17.7 Å². The Morgan fingerprint density at radius 2 is 1.18 bits per heavy atom. The van der Waals surface area contributed by atoms with E-state index in [0.717, 1.165) is 32.7 Å². The SMILES string of the molecule is O=C(Oc1cccc2ccccc12)C1(c2ccc3ccccc3c2O)CC2c3ccccc3C1c1ccccc12. The number of hydrogen-bond donors (Lipinski definition) is 1. The molecule has 1 N–H and O–H groups in total. The van der Waals surface area contributed by atoms with Gasteiger partial charge in [0.15, 0.2) is 0 Å². The summed E-state index contributed by atoms with van der Waals surface area (Å²) in [6, 6.07) is 42.4. The number of esters is 1. The lowest BCUT2D eigenvalue weighted by Gasteiger charge is -2.52. The smallest absolute Gasteiger partial charge is 0.323 e. The highest BCUT2D eigenvalue weighted by molar-refractivity contribution is 5.98. The van der Waals surface area contributed by atoms with E-state index in [1.165, 1.54) is 11.1 Å². The molecule has 0 aromatic heterocycles. The maximum Gasteiger partial charge on any atom is 0.323 e. The molecule has 40 heavy (non-hydrogen) atoms. The molecule has 0 aliphatic heterocycles. The molecule has 6 aromatic carbocycles. The molecule has 1 atom stereocenters. The second-order valence-electron chi connectivity index (χ2n) is 11.0. The predicted molar refractivity (Wildman–Crippen MR) is 158 cm³/mol. The largest absolute Gasteiger partial charge is 0.507 e. The van der Waals surface area contributed by atoms with Crippen LogP contribution in [0.25, 0.3) is 21.5 Å². The van der Waals surface area contributed by atoms with Crippen LogP contribution in [0, 0.1) is 0 Å². The minimum absolute atomic E-state index is 0.00309. The minimum atomic E-state index is -1.13. The highest BCUT2D eigenvalue weighted by atomic mass is 16.5. The minimum Gasteiger partial charge on any atom is -0.507 e. The van der Waals surface area contributed by atoms with Crippen molar-refractivity contribution in [2.24, 2.45) is 0 Å². The molecule has 0 spiro atoms. The van der Waals surface area contributed by atoms with Crippen LogP contribution < -0.4 is 4.74 Å². The molecule has 6 aromatic rings. The maximum absolute atomic E-state index is 14.9. The summed E-state index contributed by atoms with van der Waals surface area (Å²) < 4.78 is 6.42. The fourth-order valence-electron chi connectivity index (χ4n) is 7.38. The Morgan fingerprint density at radius 3 is 1.88 bits per heavy atom. The standard InChI is InChI=1S/C37H26O3/c38-35-26-14-4-2-11-24(26)20-21-32(35)37(36(39)40-33-19-9-12-23-10-1-3-13-25(23)33)22-31-27-15-5-7-17-29(27)34(37)30-18-8-6-16-28(30)31/h1-21,31,34,38H,22H2. The van der Waals surface area contributed by atoms with Crippen molar-refractivity contribution in [2.45, 2.75) is 23.7 Å². The Bertz CT molecular complexity index is 1920. The zero-order valence-electron chi connectivity index (χ0n) is 21.7. The van der Waals surface area contributed by atoms with Gasteiger partial charge in [-0.05, 0) is 45.5 Å². The number of aromatic hydroxyl groups is 1. The van der Waals surface area contributed by atoms with Crippen molar-refractivity contribution in [3.05, 3.63) is 155 Å². The second kappa shape index (κ2) is 8.56. The molecule has 0 amide bonds. The van der Waals surface area contributed by atoms with E-state index >= 15 is 0 Å². The number of carbonyl (C=O) groups is 1. The maximum atomic E-state index is 14.9. The molecule has 1 unspecified atom stereocenters. The molecule has 9 rings (SSSR count). The Morgan fingerprint density at radius 1 is 0.625 bits per heavy atom. The first-order chi connectivity index (χ1) is 19.7. The summed E-state index contributed by atoms with van der Waals surface area (Å²) in [5.41, 5.74) is 4.24. The molecule has 3 heteroatoms. The summed E-state index contributed by atoms with van der Waals surface area (Å²) in [6.07, 6.45) is 0.515. The lowest BCUT2D eigenvalue weighted by molar-refractivity contribution is -0.142. The number of ether oxygens (including phenoxy) is 1. The van der Waals surface area contributed by atoms with Crippen LogP contribution in [0.5, 0.6) is 11.5 Å². The number of rotatable bonds is 3. The molecule has 2 bridgehead atoms. The topological polar surface area (TPSA) is 46.5 Å². The first kappa shape index (κ1) is 23.0. The van der Waals surface area contributed by atoms with Crippen LogP contribution in [0.15, 0.2) is 127 Å². The second-order valence-corrected chi connectivity index (χ2v) is 11.0. The summed E-state index contributed by atoms with van der Waals surface area (Å²) in [7, 11) is 0. The summed E-state index contributed by atoms with van der Waals surface area (Å²) in [4.78, 5) is 14.9. The van der Waals surface area contributed by atoms with Crippen molar-refractivity contribution in [3.8, 4) is 11.5 Å². The van der Waals surface area contributed by atoms with Crippen LogP contribution in [-0.2, 0) is 10.2 Å². The summed E-state index contributed by atoms with van der Waals surface area (Å²) >= 11 is 0. The van der Waals surface area contributed by atoms with Gasteiger partial charge >= 0.3 is 5.97 Å². The van der Waals surface area contributed by atoms with Gasteiger partial charge in [-0.25, -0.2) is 0 Å². The van der Waals surface area contributed by atoms with Crippen LogP contribution in [0.2, 0.25) is 0 Å². The Kier molecular flexibility index (Phi) is 4.93. The Balaban J connectivity index is 1.41. The van der Waals surface area contributed by atoms with Crippen molar-refractivity contribution >= 4 is 27.5 Å². The number of hydrogen-bond acceptors (Lipinski definition) is 3. The molecule has 3 aliphatic rings. The molecule has 3 nitrogen and oxygen atoms in total. The average Bonchev–Trinajstić information content (AvgIpc) is 3.01. The van der Waals surface area contributed by atoms with Crippen molar-refractivity contribution < 1.29 is 14.6 Å². The molecule has 192 valence electrons. The molecule has 0 saturated carbocycles. The summed E-state index contributed by atoms with van der Waals surface area (Å²) in [5, 5.41) is 15.4. The molecule has 0 heterocycles. The molecule has 0 fully saturated rings. The number of phenols is 1. The molecule has 0 saturated heterocycles. The zero-order chi connectivity index (χ0) is 26.8. The number of fused-ring (bicyclic) bond motifs is 3. The number of carbonyl (C=O) groups excluding carboxylic acids is 1. The highest BCUT2D eigenvalue weighted by Crippen LogP contribution is 2.63. The van der Waals surface area contributed by atoms with Crippen molar-refractivity contribution in [1.82, 2.24) is 0 Å². The number of benzene rings is 6. The van der Waals surface area contributed by atoms with E-state index in [2.05, 4.69) is 36.4 Å². The lowest BCUT2D eigenvalue weighted by Crippen LogP contribution is -2.51. The fraction of sp³-hybridized carbons (Fsp3) is 0.108. The monoisotopic (exact) mass is 518 g/mol. The van der Waals surface area contributed by atoms with Gasteiger partial charge in [-0.2, -0.15) is 0 Å². The predicted octanol–water partition coefficient (Wildman–Crippen LogP) is 8.22. The van der Waals surface area contributed by atoms with Gasteiger partial charge in [0.05, 0.1) is 0 Å². The van der Waals surface area contributed by atoms with Gasteiger partial charge in [0, 0.05) is 28.2 Å². The third-order valence-corrected chi connectivity index (χ3v) is 9.08. The molecule has 0 radical (unpaired) electrons. The zero-order valence-corrected chi connectivity index (χ0v) is 21.7. The van der Waals surface area contributed by atoms with Gasteiger partial charge in [-0.1, -0.05) is 121 Å². The van der Waals surface area contributed by atoms with E-state index < -0.39 is 5.41 Å². The van der Waals surface area contributed by atoms with Gasteiger partial charge in [0.1, 0.15) is 16.9 Å².